The van der Waals surface area contributed by atoms with E-state index in [1.807, 2.05) is 12.1 Å². The highest BCUT2D eigenvalue weighted by Crippen LogP contribution is 2.10. The van der Waals surface area contributed by atoms with Gasteiger partial charge in [0.15, 0.2) is 0 Å². The van der Waals surface area contributed by atoms with Crippen LogP contribution in [0.25, 0.3) is 0 Å². The summed E-state index contributed by atoms with van der Waals surface area (Å²) in [6.07, 6.45) is 3.29. The molecule has 0 saturated heterocycles. The summed E-state index contributed by atoms with van der Waals surface area (Å²) in [5, 5.41) is 4.29. The van der Waals surface area contributed by atoms with Gasteiger partial charge in [0, 0.05) is 11.1 Å². The maximum Gasteiger partial charge on any atom is 0.0406 e. The van der Waals surface area contributed by atoms with Crippen LogP contribution in [0.15, 0.2) is 24.3 Å². The summed E-state index contributed by atoms with van der Waals surface area (Å²) in [6.45, 7) is 4.04. The fourth-order valence-corrected chi connectivity index (χ4v) is 1.79. The zero-order valence-corrected chi connectivity index (χ0v) is 10.6. The van der Waals surface area contributed by atoms with E-state index < -0.39 is 0 Å². The Kier molecular flexibility index (Phi) is 6.46. The van der Waals surface area contributed by atoms with Gasteiger partial charge in [0.1, 0.15) is 0 Å². The lowest BCUT2D eigenvalue weighted by Crippen LogP contribution is -2.29. The Morgan fingerprint density at radius 1 is 1.25 bits per heavy atom. The molecule has 0 aliphatic rings. The molecule has 0 spiro atoms. The maximum absolute atomic E-state index is 5.84. The Balaban J connectivity index is 2.23. The van der Waals surface area contributed by atoms with Crippen LogP contribution in [0, 0.1) is 0 Å². The second kappa shape index (κ2) is 7.66. The third-order valence-corrected chi connectivity index (χ3v) is 2.83. The number of rotatable bonds is 7. The van der Waals surface area contributed by atoms with Crippen molar-refractivity contribution in [3.63, 3.8) is 0 Å². The van der Waals surface area contributed by atoms with Gasteiger partial charge in [-0.25, -0.2) is 0 Å². The van der Waals surface area contributed by atoms with Crippen LogP contribution in [0.4, 0.5) is 0 Å². The summed E-state index contributed by atoms with van der Waals surface area (Å²) < 4.78 is 0. The van der Waals surface area contributed by atoms with Gasteiger partial charge < -0.3 is 11.1 Å². The smallest absolute Gasteiger partial charge is 0.0406 e. The predicted octanol–water partition coefficient (Wildman–Crippen LogP) is 2.60. The number of nitrogens with one attached hydrogen (secondary N) is 1. The van der Waals surface area contributed by atoms with Gasteiger partial charge >= 0.3 is 0 Å². The summed E-state index contributed by atoms with van der Waals surface area (Å²) in [4.78, 5) is 0. The summed E-state index contributed by atoms with van der Waals surface area (Å²) >= 11 is 5.84. The number of halogens is 1. The van der Waals surface area contributed by atoms with Gasteiger partial charge in [0.25, 0.3) is 0 Å². The van der Waals surface area contributed by atoms with Crippen molar-refractivity contribution in [3.8, 4) is 0 Å². The minimum absolute atomic E-state index is 0.499. The lowest BCUT2D eigenvalue weighted by molar-refractivity contribution is 0.527. The average Bonchev–Trinajstić information content (AvgIpc) is 2.28. The van der Waals surface area contributed by atoms with E-state index in [0.29, 0.717) is 6.04 Å². The zero-order valence-electron chi connectivity index (χ0n) is 9.88. The van der Waals surface area contributed by atoms with Crippen molar-refractivity contribution >= 4 is 11.6 Å². The first kappa shape index (κ1) is 13.5. The van der Waals surface area contributed by atoms with Gasteiger partial charge in [-0.2, -0.15) is 0 Å². The van der Waals surface area contributed by atoms with E-state index >= 15 is 0 Å². The summed E-state index contributed by atoms with van der Waals surface area (Å²) in [5.41, 5.74) is 6.77. The Hall–Kier alpha value is -0.570. The Morgan fingerprint density at radius 2 is 1.94 bits per heavy atom. The molecule has 1 rings (SSSR count). The van der Waals surface area contributed by atoms with Gasteiger partial charge in [0.05, 0.1) is 0 Å². The third-order valence-electron chi connectivity index (χ3n) is 2.58. The van der Waals surface area contributed by atoms with Crippen LogP contribution in [0.2, 0.25) is 5.02 Å². The molecule has 1 unspecified atom stereocenters. The van der Waals surface area contributed by atoms with E-state index in [0.717, 1.165) is 37.4 Å². The summed E-state index contributed by atoms with van der Waals surface area (Å²) in [7, 11) is 0. The van der Waals surface area contributed by atoms with Crippen LogP contribution in [-0.4, -0.2) is 19.1 Å². The van der Waals surface area contributed by atoms with Crippen molar-refractivity contribution in [2.24, 2.45) is 5.73 Å². The lowest BCUT2D eigenvalue weighted by atomic mass is 10.1. The fraction of sp³-hybridized carbons (Fsp3) is 0.538. The molecule has 0 aromatic heterocycles. The van der Waals surface area contributed by atoms with Crippen LogP contribution in [0.1, 0.15) is 25.3 Å². The quantitative estimate of drug-likeness (QED) is 0.719. The zero-order chi connectivity index (χ0) is 11.8. The number of hydrogen-bond donors (Lipinski definition) is 2. The van der Waals surface area contributed by atoms with Gasteiger partial charge in [-0.15, -0.1) is 0 Å². The molecule has 0 aliphatic heterocycles. The molecular formula is C13H21ClN2. The molecule has 1 atom stereocenters. The van der Waals surface area contributed by atoms with E-state index in [1.54, 1.807) is 0 Å². The molecule has 16 heavy (non-hydrogen) atoms. The van der Waals surface area contributed by atoms with Crippen molar-refractivity contribution in [1.82, 2.24) is 5.32 Å². The maximum atomic E-state index is 5.84. The minimum Gasteiger partial charge on any atom is -0.330 e. The molecule has 90 valence electrons. The van der Waals surface area contributed by atoms with Crippen molar-refractivity contribution in [2.45, 2.75) is 32.2 Å². The van der Waals surface area contributed by atoms with Gasteiger partial charge in [-0.3, -0.25) is 0 Å². The largest absolute Gasteiger partial charge is 0.330 e. The molecule has 0 radical (unpaired) electrons. The monoisotopic (exact) mass is 240 g/mol. The second-order valence-corrected chi connectivity index (χ2v) is 4.62. The molecule has 3 heteroatoms. The number of benzene rings is 1. The van der Waals surface area contributed by atoms with E-state index in [4.69, 9.17) is 17.3 Å². The third kappa shape index (κ3) is 5.50. The first-order chi connectivity index (χ1) is 7.72. The molecule has 1 aromatic carbocycles. The molecule has 0 aliphatic carbocycles. The highest BCUT2D eigenvalue weighted by atomic mass is 35.5. The Bertz CT molecular complexity index is 284. The first-order valence-corrected chi connectivity index (χ1v) is 6.28. The highest BCUT2D eigenvalue weighted by molar-refractivity contribution is 6.30. The Labute approximate surface area is 103 Å². The summed E-state index contributed by atoms with van der Waals surface area (Å²) in [5.74, 6) is 0. The van der Waals surface area contributed by atoms with Crippen LogP contribution >= 0.6 is 11.6 Å². The number of unbranched alkanes of at least 4 members (excludes halogenated alkanes) is 1. The van der Waals surface area contributed by atoms with Gasteiger partial charge in [-0.1, -0.05) is 23.7 Å². The lowest BCUT2D eigenvalue weighted by Gasteiger charge is -2.13. The van der Waals surface area contributed by atoms with E-state index in [-0.39, 0.29) is 0 Å². The SMILES string of the molecule is CC(Cc1ccc(Cl)cc1)NCCCCN. The average molecular weight is 241 g/mol. The highest BCUT2D eigenvalue weighted by Gasteiger charge is 2.02. The molecule has 0 bridgehead atoms. The van der Waals surface area contributed by atoms with Crippen molar-refractivity contribution in [3.05, 3.63) is 34.9 Å². The first-order valence-electron chi connectivity index (χ1n) is 5.90. The standard InChI is InChI=1S/C13H21ClN2/c1-11(16-9-3-2-8-15)10-12-4-6-13(14)7-5-12/h4-7,11,16H,2-3,8-10,15H2,1H3. The Morgan fingerprint density at radius 3 is 2.56 bits per heavy atom. The van der Waals surface area contributed by atoms with Crippen LogP contribution < -0.4 is 11.1 Å². The fourth-order valence-electron chi connectivity index (χ4n) is 1.66. The van der Waals surface area contributed by atoms with Crippen LogP contribution in [-0.2, 0) is 6.42 Å². The number of nitrogens with two attached hydrogens (primary N) is 1. The second-order valence-electron chi connectivity index (χ2n) is 4.18. The molecule has 2 nitrogen and oxygen atoms in total. The van der Waals surface area contributed by atoms with E-state index in [9.17, 15) is 0 Å². The van der Waals surface area contributed by atoms with Crippen molar-refractivity contribution in [2.75, 3.05) is 13.1 Å². The van der Waals surface area contributed by atoms with E-state index in [1.165, 1.54) is 5.56 Å². The van der Waals surface area contributed by atoms with Crippen molar-refractivity contribution < 1.29 is 0 Å². The van der Waals surface area contributed by atoms with Crippen LogP contribution in [0.5, 0.6) is 0 Å². The minimum atomic E-state index is 0.499. The summed E-state index contributed by atoms with van der Waals surface area (Å²) in [6, 6.07) is 8.55. The number of hydrogen-bond acceptors (Lipinski definition) is 2. The molecule has 0 fully saturated rings. The molecule has 0 heterocycles. The van der Waals surface area contributed by atoms with Crippen LogP contribution in [0.3, 0.4) is 0 Å². The molecule has 1 aromatic rings. The predicted molar refractivity (Wildman–Crippen MR) is 70.9 cm³/mol. The molecule has 0 saturated carbocycles. The normalized spacial score (nSPS) is 12.7. The van der Waals surface area contributed by atoms with Gasteiger partial charge in [0.2, 0.25) is 0 Å². The topological polar surface area (TPSA) is 38.0 Å². The van der Waals surface area contributed by atoms with Crippen molar-refractivity contribution in [1.29, 1.82) is 0 Å². The van der Waals surface area contributed by atoms with Gasteiger partial charge in [-0.05, 0) is 57.0 Å². The van der Waals surface area contributed by atoms with E-state index in [2.05, 4.69) is 24.4 Å². The molecule has 3 N–H and O–H groups in total. The molecular weight excluding hydrogens is 220 g/mol. The molecule has 0 amide bonds.